The van der Waals surface area contributed by atoms with Crippen molar-refractivity contribution in [1.82, 2.24) is 19.1 Å². The molecule has 9 rings (SSSR count). The van der Waals surface area contributed by atoms with Gasteiger partial charge >= 0.3 is 0 Å². The lowest BCUT2D eigenvalue weighted by Gasteiger charge is -2.16. The Kier molecular flexibility index (Phi) is 6.04. The molecule has 0 N–H and O–H groups in total. The fourth-order valence-electron chi connectivity index (χ4n) is 6.47. The summed E-state index contributed by atoms with van der Waals surface area (Å²) in [6.07, 6.45) is 1.98. The standard InChI is InChI=1S/C39H26N4S2/c1-42-36-9-5-3-7-34(36)41-39(42)26-11-14-32-31-6-2-4-8-35(31)43(38(32)21-26)37-20-25(10-13-30(37)29-17-19-45-24-29)33-15-12-27(22-40-33)28-16-18-44-23-28/h2-24H,1H3. The second-order valence-corrected chi connectivity index (χ2v) is 12.8. The Morgan fingerprint density at radius 2 is 1.31 bits per heavy atom. The number of para-hydroxylation sites is 3. The smallest absolute Gasteiger partial charge is 0.140 e. The average molecular weight is 615 g/mol. The van der Waals surface area contributed by atoms with Crippen LogP contribution < -0.4 is 0 Å². The lowest BCUT2D eigenvalue weighted by molar-refractivity contribution is 0.959. The summed E-state index contributed by atoms with van der Waals surface area (Å²) in [6, 6.07) is 39.2. The van der Waals surface area contributed by atoms with Gasteiger partial charge in [-0.05, 0) is 81.2 Å². The fourth-order valence-corrected chi connectivity index (χ4v) is 7.80. The molecule has 0 spiro atoms. The first-order valence-electron chi connectivity index (χ1n) is 14.8. The van der Waals surface area contributed by atoms with Gasteiger partial charge in [0.15, 0.2) is 0 Å². The SMILES string of the molecule is Cn1c(-c2ccc3c4ccccc4n(-c4cc(-c5ccc(-c6ccsc6)cn5)ccc4-c4ccsc4)c3c2)nc2ccccc21. The summed E-state index contributed by atoms with van der Waals surface area (Å²) in [5, 5.41) is 11.1. The van der Waals surface area contributed by atoms with Gasteiger partial charge in [0.1, 0.15) is 5.82 Å². The number of hydrogen-bond acceptors (Lipinski definition) is 4. The van der Waals surface area contributed by atoms with Gasteiger partial charge in [-0.1, -0.05) is 60.7 Å². The molecule has 0 fully saturated rings. The van der Waals surface area contributed by atoms with Crippen molar-refractivity contribution in [2.45, 2.75) is 0 Å². The summed E-state index contributed by atoms with van der Waals surface area (Å²) in [6.45, 7) is 0. The molecule has 0 aliphatic carbocycles. The first kappa shape index (κ1) is 26.1. The lowest BCUT2D eigenvalue weighted by atomic mass is 10.0. The summed E-state index contributed by atoms with van der Waals surface area (Å²) in [4.78, 5) is 9.95. The molecule has 0 saturated heterocycles. The Labute approximate surface area is 268 Å². The van der Waals surface area contributed by atoms with Crippen LogP contribution in [0.5, 0.6) is 0 Å². The number of rotatable bonds is 5. The minimum absolute atomic E-state index is 0.952. The maximum atomic E-state index is 5.03. The summed E-state index contributed by atoms with van der Waals surface area (Å²) < 4.78 is 4.61. The molecule has 0 atom stereocenters. The van der Waals surface area contributed by atoms with Crippen molar-refractivity contribution in [2.75, 3.05) is 0 Å². The Balaban J connectivity index is 1.29. The van der Waals surface area contributed by atoms with E-state index >= 15 is 0 Å². The van der Waals surface area contributed by atoms with Crippen LogP contribution in [0.15, 0.2) is 137 Å². The van der Waals surface area contributed by atoms with Crippen LogP contribution >= 0.6 is 22.7 Å². The summed E-state index contributed by atoms with van der Waals surface area (Å²) in [7, 11) is 2.10. The Hall–Kier alpha value is -5.30. The van der Waals surface area contributed by atoms with Crippen molar-refractivity contribution in [1.29, 1.82) is 0 Å². The number of aromatic nitrogens is 4. The zero-order chi connectivity index (χ0) is 29.9. The van der Waals surface area contributed by atoms with E-state index in [0.717, 1.165) is 50.4 Å². The van der Waals surface area contributed by atoms with Gasteiger partial charge in [0.05, 0.1) is 33.4 Å². The highest BCUT2D eigenvalue weighted by atomic mass is 32.1. The first-order valence-corrected chi connectivity index (χ1v) is 16.7. The Morgan fingerprint density at radius 3 is 2.09 bits per heavy atom. The van der Waals surface area contributed by atoms with Gasteiger partial charge in [-0.25, -0.2) is 4.98 Å². The predicted molar refractivity (Wildman–Crippen MR) is 190 cm³/mol. The molecule has 5 heterocycles. The van der Waals surface area contributed by atoms with Crippen LogP contribution in [0.25, 0.3) is 83.4 Å². The molecule has 0 aliphatic heterocycles. The number of thiophene rings is 2. The number of imidazole rings is 1. The van der Waals surface area contributed by atoms with Crippen LogP contribution in [0.1, 0.15) is 0 Å². The van der Waals surface area contributed by atoms with Crippen molar-refractivity contribution in [3.05, 3.63) is 137 Å². The lowest BCUT2D eigenvalue weighted by Crippen LogP contribution is -1.99. The largest absolute Gasteiger partial charge is 0.327 e. The van der Waals surface area contributed by atoms with Gasteiger partial charge in [0.2, 0.25) is 0 Å². The van der Waals surface area contributed by atoms with Gasteiger partial charge in [-0.2, -0.15) is 22.7 Å². The van der Waals surface area contributed by atoms with E-state index in [-0.39, 0.29) is 0 Å². The molecule has 0 radical (unpaired) electrons. The molecule has 6 heteroatoms. The van der Waals surface area contributed by atoms with E-state index in [2.05, 4.69) is 141 Å². The number of aryl methyl sites for hydroxylation is 1. The van der Waals surface area contributed by atoms with Gasteiger partial charge in [-0.15, -0.1) is 0 Å². The van der Waals surface area contributed by atoms with Crippen LogP contribution in [0.4, 0.5) is 0 Å². The normalized spacial score (nSPS) is 11.7. The van der Waals surface area contributed by atoms with Crippen LogP contribution in [0.3, 0.4) is 0 Å². The van der Waals surface area contributed by atoms with Crippen molar-refractivity contribution in [3.63, 3.8) is 0 Å². The highest BCUT2D eigenvalue weighted by molar-refractivity contribution is 7.08. The van der Waals surface area contributed by atoms with Crippen molar-refractivity contribution in [3.8, 4) is 50.6 Å². The average Bonchev–Trinajstić information content (AvgIpc) is 3.91. The Morgan fingerprint density at radius 1 is 0.578 bits per heavy atom. The van der Waals surface area contributed by atoms with E-state index in [1.165, 1.54) is 33.0 Å². The highest BCUT2D eigenvalue weighted by Crippen LogP contribution is 2.40. The van der Waals surface area contributed by atoms with Gasteiger partial charge < -0.3 is 9.13 Å². The van der Waals surface area contributed by atoms with Crippen LogP contribution in [-0.2, 0) is 7.05 Å². The van der Waals surface area contributed by atoms with E-state index in [9.17, 15) is 0 Å². The molecule has 0 amide bonds. The van der Waals surface area contributed by atoms with E-state index < -0.39 is 0 Å². The van der Waals surface area contributed by atoms with E-state index in [1.54, 1.807) is 22.7 Å². The molecule has 0 unspecified atom stereocenters. The maximum Gasteiger partial charge on any atom is 0.140 e. The summed E-state index contributed by atoms with van der Waals surface area (Å²) >= 11 is 3.42. The number of fused-ring (bicyclic) bond motifs is 4. The van der Waals surface area contributed by atoms with E-state index in [1.807, 2.05) is 12.3 Å². The Bertz CT molecular complexity index is 2480. The van der Waals surface area contributed by atoms with Crippen LogP contribution in [0, 0.1) is 0 Å². The number of nitrogens with zero attached hydrogens (tertiary/aromatic N) is 4. The minimum atomic E-state index is 0.952. The molecule has 0 aliphatic rings. The molecule has 45 heavy (non-hydrogen) atoms. The first-order chi connectivity index (χ1) is 22.2. The molecule has 214 valence electrons. The second kappa shape index (κ2) is 10.4. The maximum absolute atomic E-state index is 5.03. The molecule has 4 nitrogen and oxygen atoms in total. The van der Waals surface area contributed by atoms with E-state index in [0.29, 0.717) is 0 Å². The van der Waals surface area contributed by atoms with Crippen molar-refractivity contribution in [2.24, 2.45) is 7.05 Å². The van der Waals surface area contributed by atoms with E-state index in [4.69, 9.17) is 9.97 Å². The third-order valence-corrected chi connectivity index (χ3v) is 10.1. The summed E-state index contributed by atoms with van der Waals surface area (Å²) in [5.41, 5.74) is 13.4. The molecule has 9 aromatic rings. The topological polar surface area (TPSA) is 35.6 Å². The van der Waals surface area contributed by atoms with Gasteiger partial charge in [0.25, 0.3) is 0 Å². The number of benzene rings is 4. The highest BCUT2D eigenvalue weighted by Gasteiger charge is 2.19. The predicted octanol–water partition coefficient (Wildman–Crippen LogP) is 10.9. The molecular formula is C39H26N4S2. The fraction of sp³-hybridized carbons (Fsp3) is 0.0256. The van der Waals surface area contributed by atoms with Crippen molar-refractivity contribution >= 4 is 55.5 Å². The van der Waals surface area contributed by atoms with Gasteiger partial charge in [0, 0.05) is 46.3 Å². The monoisotopic (exact) mass is 614 g/mol. The number of pyridine rings is 1. The number of hydrogen-bond donors (Lipinski definition) is 0. The third kappa shape index (κ3) is 4.25. The molecule has 5 aromatic heterocycles. The second-order valence-electron chi connectivity index (χ2n) is 11.3. The van der Waals surface area contributed by atoms with Crippen molar-refractivity contribution < 1.29 is 0 Å². The molecule has 4 aromatic carbocycles. The summed E-state index contributed by atoms with van der Waals surface area (Å²) in [5.74, 6) is 0.955. The molecular weight excluding hydrogens is 589 g/mol. The quantitative estimate of drug-likeness (QED) is 0.193. The van der Waals surface area contributed by atoms with Crippen LogP contribution in [0.2, 0.25) is 0 Å². The minimum Gasteiger partial charge on any atom is -0.327 e. The molecule has 0 bridgehead atoms. The third-order valence-electron chi connectivity index (χ3n) is 8.70. The van der Waals surface area contributed by atoms with Gasteiger partial charge in [-0.3, -0.25) is 4.98 Å². The zero-order valence-corrected chi connectivity index (χ0v) is 26.0. The molecule has 0 saturated carbocycles. The zero-order valence-electron chi connectivity index (χ0n) is 24.4. The van der Waals surface area contributed by atoms with Crippen LogP contribution in [-0.4, -0.2) is 19.1 Å².